The van der Waals surface area contributed by atoms with Crippen LogP contribution in [0.25, 0.3) is 5.69 Å². The van der Waals surface area contributed by atoms with E-state index in [1.807, 2.05) is 12.1 Å². The highest BCUT2D eigenvalue weighted by atomic mass is 32.2. The summed E-state index contributed by atoms with van der Waals surface area (Å²) in [7, 11) is 0. The van der Waals surface area contributed by atoms with E-state index in [1.165, 1.54) is 17.3 Å². The second kappa shape index (κ2) is 9.85. The molecule has 1 heterocycles. The molecule has 0 unspecified atom stereocenters. The van der Waals surface area contributed by atoms with Gasteiger partial charge in [-0.1, -0.05) is 43.3 Å². The van der Waals surface area contributed by atoms with Gasteiger partial charge in [-0.3, -0.25) is 4.79 Å². The number of rotatable bonds is 8. The third-order valence-electron chi connectivity index (χ3n) is 4.35. The molecule has 0 saturated carbocycles. The lowest BCUT2D eigenvalue weighted by molar-refractivity contribution is -0.115. The number of unbranched alkanes of at least 4 members (excludes halogenated alkanes) is 1. The molecule has 7 nitrogen and oxygen atoms in total. The van der Waals surface area contributed by atoms with Crippen molar-refractivity contribution in [1.29, 1.82) is 5.26 Å². The molecular formula is C21H22N6OS. The lowest BCUT2D eigenvalue weighted by Gasteiger charge is -2.12. The highest BCUT2D eigenvalue weighted by molar-refractivity contribution is 8.00. The Morgan fingerprint density at radius 1 is 1.28 bits per heavy atom. The molecule has 3 rings (SSSR count). The number of hydrogen-bond donors (Lipinski definition) is 1. The standard InChI is InChI=1S/C21H22N6OS/c1-3-4-6-16-9-11-19(12-10-16)27-21(24-25-26-27)29-15(2)20(28)23-18-8-5-7-17(13-18)14-22/h5,7-13,15H,3-4,6H2,1-2H3,(H,23,28)/t15-/m0/s1. The lowest BCUT2D eigenvalue weighted by atomic mass is 10.1. The number of carbonyl (C=O) groups is 1. The maximum atomic E-state index is 12.5. The Kier molecular flexibility index (Phi) is 6.98. The predicted molar refractivity (Wildman–Crippen MR) is 113 cm³/mol. The molecule has 0 fully saturated rings. The number of tetrazole rings is 1. The Labute approximate surface area is 174 Å². The summed E-state index contributed by atoms with van der Waals surface area (Å²) in [4.78, 5) is 12.5. The van der Waals surface area contributed by atoms with Crippen LogP contribution in [0.3, 0.4) is 0 Å². The topological polar surface area (TPSA) is 96.5 Å². The molecule has 0 aliphatic heterocycles. The Bertz CT molecular complexity index is 1010. The van der Waals surface area contributed by atoms with Crippen molar-refractivity contribution < 1.29 is 4.79 Å². The molecule has 1 aromatic heterocycles. The number of carbonyl (C=O) groups excluding carboxylic acids is 1. The lowest BCUT2D eigenvalue weighted by Crippen LogP contribution is -2.23. The Balaban J connectivity index is 1.67. The van der Waals surface area contributed by atoms with Crippen LogP contribution in [0.4, 0.5) is 5.69 Å². The number of nitrogens with one attached hydrogen (secondary N) is 1. The number of hydrogen-bond acceptors (Lipinski definition) is 6. The third kappa shape index (κ3) is 5.42. The van der Waals surface area contributed by atoms with Crippen molar-refractivity contribution in [2.24, 2.45) is 0 Å². The van der Waals surface area contributed by atoms with Gasteiger partial charge in [-0.15, -0.1) is 5.10 Å². The van der Waals surface area contributed by atoms with E-state index in [-0.39, 0.29) is 5.91 Å². The van der Waals surface area contributed by atoms with Crippen LogP contribution in [0.15, 0.2) is 53.7 Å². The number of thioether (sulfide) groups is 1. The molecule has 29 heavy (non-hydrogen) atoms. The van der Waals surface area contributed by atoms with Crippen LogP contribution in [-0.2, 0) is 11.2 Å². The van der Waals surface area contributed by atoms with Crippen LogP contribution in [-0.4, -0.2) is 31.4 Å². The molecule has 148 valence electrons. The van der Waals surface area contributed by atoms with Gasteiger partial charge in [0.15, 0.2) is 0 Å². The molecule has 0 saturated heterocycles. The number of anilines is 1. The Hall–Kier alpha value is -3.18. The highest BCUT2D eigenvalue weighted by Crippen LogP contribution is 2.24. The monoisotopic (exact) mass is 406 g/mol. The summed E-state index contributed by atoms with van der Waals surface area (Å²) in [5, 5.41) is 23.8. The zero-order valence-electron chi connectivity index (χ0n) is 16.4. The van der Waals surface area contributed by atoms with Crippen LogP contribution < -0.4 is 5.32 Å². The van der Waals surface area contributed by atoms with E-state index in [9.17, 15) is 4.79 Å². The first-order chi connectivity index (χ1) is 14.1. The van der Waals surface area contributed by atoms with Gasteiger partial charge in [0.25, 0.3) is 0 Å². The van der Waals surface area contributed by atoms with Crippen molar-refractivity contribution >= 4 is 23.4 Å². The van der Waals surface area contributed by atoms with E-state index < -0.39 is 5.25 Å². The highest BCUT2D eigenvalue weighted by Gasteiger charge is 2.19. The summed E-state index contributed by atoms with van der Waals surface area (Å²) >= 11 is 1.28. The van der Waals surface area contributed by atoms with E-state index in [0.717, 1.165) is 24.9 Å². The first-order valence-corrected chi connectivity index (χ1v) is 10.3. The van der Waals surface area contributed by atoms with E-state index >= 15 is 0 Å². The molecule has 0 radical (unpaired) electrons. The quantitative estimate of drug-likeness (QED) is 0.568. The van der Waals surface area contributed by atoms with Crippen molar-refractivity contribution in [3.05, 3.63) is 59.7 Å². The van der Waals surface area contributed by atoms with E-state index in [4.69, 9.17) is 5.26 Å². The van der Waals surface area contributed by atoms with Gasteiger partial charge in [0.2, 0.25) is 11.1 Å². The fraction of sp³-hybridized carbons (Fsp3) is 0.286. The molecule has 3 aromatic rings. The van der Waals surface area contributed by atoms with Crippen molar-refractivity contribution in [3.8, 4) is 11.8 Å². The van der Waals surface area contributed by atoms with Crippen LogP contribution in [0.5, 0.6) is 0 Å². The van der Waals surface area contributed by atoms with Gasteiger partial charge in [-0.05, 0) is 66.1 Å². The summed E-state index contributed by atoms with van der Waals surface area (Å²) in [6.07, 6.45) is 3.38. The molecule has 0 bridgehead atoms. The molecule has 2 aromatic carbocycles. The van der Waals surface area contributed by atoms with Crippen LogP contribution >= 0.6 is 11.8 Å². The summed E-state index contributed by atoms with van der Waals surface area (Å²) < 4.78 is 1.63. The SMILES string of the molecule is CCCCc1ccc(-n2nnnc2S[C@@H](C)C(=O)Nc2cccc(C#N)c2)cc1. The van der Waals surface area contributed by atoms with Gasteiger partial charge < -0.3 is 5.32 Å². The van der Waals surface area contributed by atoms with E-state index in [1.54, 1.807) is 35.9 Å². The number of benzene rings is 2. The molecule has 0 spiro atoms. The second-order valence-electron chi connectivity index (χ2n) is 6.59. The van der Waals surface area contributed by atoms with Gasteiger partial charge in [-0.2, -0.15) is 9.94 Å². The molecular weight excluding hydrogens is 384 g/mol. The summed E-state index contributed by atoms with van der Waals surface area (Å²) in [5.41, 5.74) is 3.22. The second-order valence-corrected chi connectivity index (χ2v) is 7.89. The normalized spacial score (nSPS) is 11.6. The maximum absolute atomic E-state index is 12.5. The fourth-order valence-electron chi connectivity index (χ4n) is 2.72. The molecule has 0 aliphatic rings. The minimum atomic E-state index is -0.422. The average Bonchev–Trinajstić information content (AvgIpc) is 3.20. The van der Waals surface area contributed by atoms with Crippen molar-refractivity contribution in [2.45, 2.75) is 43.5 Å². The average molecular weight is 407 g/mol. The van der Waals surface area contributed by atoms with Crippen molar-refractivity contribution in [1.82, 2.24) is 20.2 Å². The molecule has 0 aliphatic carbocycles. The molecule has 1 amide bonds. The van der Waals surface area contributed by atoms with E-state index in [2.05, 4.69) is 46.0 Å². The largest absolute Gasteiger partial charge is 0.325 e. The van der Waals surface area contributed by atoms with Gasteiger partial charge in [0.05, 0.1) is 22.6 Å². The molecule has 8 heteroatoms. The third-order valence-corrected chi connectivity index (χ3v) is 5.38. The molecule has 1 N–H and O–H groups in total. The van der Waals surface area contributed by atoms with Crippen molar-refractivity contribution in [2.75, 3.05) is 5.32 Å². The van der Waals surface area contributed by atoms with Crippen LogP contribution in [0.2, 0.25) is 0 Å². The first kappa shape index (κ1) is 20.6. The minimum absolute atomic E-state index is 0.186. The number of nitriles is 1. The van der Waals surface area contributed by atoms with Gasteiger partial charge in [0, 0.05) is 5.69 Å². The van der Waals surface area contributed by atoms with Crippen molar-refractivity contribution in [3.63, 3.8) is 0 Å². The Morgan fingerprint density at radius 2 is 2.07 bits per heavy atom. The first-order valence-electron chi connectivity index (χ1n) is 9.46. The smallest absolute Gasteiger partial charge is 0.237 e. The fourth-order valence-corrected chi connectivity index (χ4v) is 3.53. The summed E-state index contributed by atoms with van der Waals surface area (Å²) in [6.45, 7) is 3.97. The van der Waals surface area contributed by atoms with Crippen LogP contribution in [0, 0.1) is 11.3 Å². The predicted octanol–water partition coefficient (Wildman–Crippen LogP) is 4.00. The molecule has 1 atom stereocenters. The van der Waals surface area contributed by atoms with Crippen LogP contribution in [0.1, 0.15) is 37.8 Å². The summed E-state index contributed by atoms with van der Waals surface area (Å²) in [5.74, 6) is -0.186. The summed E-state index contributed by atoms with van der Waals surface area (Å²) in [6, 6.07) is 17.0. The van der Waals surface area contributed by atoms with E-state index in [0.29, 0.717) is 16.4 Å². The number of nitrogens with zero attached hydrogens (tertiary/aromatic N) is 5. The van der Waals surface area contributed by atoms with Gasteiger partial charge in [-0.25, -0.2) is 0 Å². The van der Waals surface area contributed by atoms with Gasteiger partial charge in [0.1, 0.15) is 0 Å². The van der Waals surface area contributed by atoms with Gasteiger partial charge >= 0.3 is 0 Å². The maximum Gasteiger partial charge on any atom is 0.237 e. The minimum Gasteiger partial charge on any atom is -0.325 e. The number of aryl methyl sites for hydroxylation is 1. The number of aromatic nitrogens is 4. The Morgan fingerprint density at radius 3 is 2.79 bits per heavy atom. The number of amides is 1. The zero-order chi connectivity index (χ0) is 20.6. The zero-order valence-corrected chi connectivity index (χ0v) is 17.2.